The van der Waals surface area contributed by atoms with E-state index in [-0.39, 0.29) is 6.04 Å². The molecule has 0 saturated carbocycles. The molecule has 0 radical (unpaired) electrons. The highest BCUT2D eigenvalue weighted by molar-refractivity contribution is 7.89. The summed E-state index contributed by atoms with van der Waals surface area (Å²) >= 11 is 0. The monoisotopic (exact) mass is 268 g/mol. The van der Waals surface area contributed by atoms with Gasteiger partial charge in [0.2, 0.25) is 10.0 Å². The highest BCUT2D eigenvalue weighted by Crippen LogP contribution is 2.26. The largest absolute Gasteiger partial charge is 0.329 e. The summed E-state index contributed by atoms with van der Waals surface area (Å²) in [5.41, 5.74) is 7.75. The second-order valence-electron chi connectivity index (χ2n) is 4.89. The van der Waals surface area contributed by atoms with Crippen molar-refractivity contribution in [3.63, 3.8) is 0 Å². The Balaban J connectivity index is 2.38. The number of nitrogens with zero attached hydrogens (tertiary/aromatic N) is 1. The van der Waals surface area contributed by atoms with Crippen molar-refractivity contribution in [3.05, 3.63) is 29.3 Å². The van der Waals surface area contributed by atoms with E-state index in [4.69, 9.17) is 5.73 Å². The predicted molar refractivity (Wildman–Crippen MR) is 71.9 cm³/mol. The number of aryl methyl sites for hydroxylation is 2. The number of benzene rings is 1. The van der Waals surface area contributed by atoms with Gasteiger partial charge in [0.25, 0.3) is 0 Å². The topological polar surface area (TPSA) is 63.4 Å². The van der Waals surface area contributed by atoms with Gasteiger partial charge in [-0.3, -0.25) is 0 Å². The van der Waals surface area contributed by atoms with Crippen LogP contribution in [0, 0.1) is 13.8 Å². The van der Waals surface area contributed by atoms with E-state index in [1.165, 1.54) is 0 Å². The third kappa shape index (κ3) is 2.30. The van der Waals surface area contributed by atoms with Gasteiger partial charge in [0.05, 0.1) is 4.90 Å². The smallest absolute Gasteiger partial charge is 0.243 e. The van der Waals surface area contributed by atoms with Crippen LogP contribution in [0.25, 0.3) is 0 Å². The molecule has 100 valence electrons. The lowest BCUT2D eigenvalue weighted by atomic mass is 10.1. The van der Waals surface area contributed by atoms with Crippen LogP contribution in [0.1, 0.15) is 24.0 Å². The van der Waals surface area contributed by atoms with Crippen LogP contribution in [0.3, 0.4) is 0 Å². The van der Waals surface area contributed by atoms with Gasteiger partial charge in [0.1, 0.15) is 0 Å². The van der Waals surface area contributed by atoms with Crippen molar-refractivity contribution in [1.29, 1.82) is 0 Å². The fourth-order valence-corrected chi connectivity index (χ4v) is 4.16. The molecule has 5 heteroatoms. The molecule has 1 heterocycles. The zero-order chi connectivity index (χ0) is 13.3. The summed E-state index contributed by atoms with van der Waals surface area (Å²) in [7, 11) is -3.39. The highest BCUT2D eigenvalue weighted by atomic mass is 32.2. The summed E-state index contributed by atoms with van der Waals surface area (Å²) in [5.74, 6) is 0. The molecule has 2 rings (SSSR count). The summed E-state index contributed by atoms with van der Waals surface area (Å²) < 4.78 is 26.6. The number of hydrogen-bond acceptors (Lipinski definition) is 3. The minimum atomic E-state index is -3.39. The van der Waals surface area contributed by atoms with Crippen molar-refractivity contribution in [1.82, 2.24) is 4.31 Å². The maximum atomic E-state index is 12.5. The summed E-state index contributed by atoms with van der Waals surface area (Å²) in [6, 6.07) is 5.24. The minimum Gasteiger partial charge on any atom is -0.329 e. The van der Waals surface area contributed by atoms with E-state index < -0.39 is 10.0 Å². The molecule has 1 aliphatic rings. The van der Waals surface area contributed by atoms with Crippen LogP contribution >= 0.6 is 0 Å². The van der Waals surface area contributed by atoms with E-state index in [0.29, 0.717) is 18.0 Å². The number of nitrogens with two attached hydrogens (primary N) is 1. The molecule has 0 aliphatic carbocycles. The molecular formula is C13H20N2O2S. The number of hydrogen-bond donors (Lipinski definition) is 1. The predicted octanol–water partition coefficient (Wildman–Crippen LogP) is 1.42. The fourth-order valence-electron chi connectivity index (χ4n) is 2.37. The molecule has 4 nitrogen and oxygen atoms in total. The van der Waals surface area contributed by atoms with Crippen molar-refractivity contribution in [3.8, 4) is 0 Å². The molecule has 2 N–H and O–H groups in total. The fraction of sp³-hybridized carbons (Fsp3) is 0.538. The van der Waals surface area contributed by atoms with Gasteiger partial charge in [0, 0.05) is 19.1 Å². The van der Waals surface area contributed by atoms with Gasteiger partial charge in [-0.25, -0.2) is 8.42 Å². The number of sulfonamides is 1. The van der Waals surface area contributed by atoms with E-state index in [0.717, 1.165) is 24.0 Å². The molecule has 0 aromatic heterocycles. The molecule has 1 fully saturated rings. The third-order valence-corrected chi connectivity index (χ3v) is 5.63. The Morgan fingerprint density at radius 1 is 1.33 bits per heavy atom. The molecule has 1 aromatic carbocycles. The van der Waals surface area contributed by atoms with Crippen LogP contribution in [0.15, 0.2) is 23.1 Å². The standard InChI is InChI=1S/C13H20N2O2S/c1-10-5-6-13(8-11(10)2)18(16,17)15-7-3-4-12(15)9-14/h5-6,8,12H,3-4,7,9,14H2,1-2H3/t12-/m1/s1. The molecule has 1 saturated heterocycles. The Kier molecular flexibility index (Phi) is 3.75. The average Bonchev–Trinajstić information content (AvgIpc) is 2.81. The molecule has 0 spiro atoms. The maximum absolute atomic E-state index is 12.5. The zero-order valence-electron chi connectivity index (χ0n) is 10.9. The molecule has 0 bridgehead atoms. The molecule has 18 heavy (non-hydrogen) atoms. The number of rotatable bonds is 3. The molecule has 0 amide bonds. The van der Waals surface area contributed by atoms with Crippen LogP contribution in [0.2, 0.25) is 0 Å². The van der Waals surface area contributed by atoms with E-state index in [2.05, 4.69) is 0 Å². The summed E-state index contributed by atoms with van der Waals surface area (Å²) in [6.45, 7) is 4.88. The summed E-state index contributed by atoms with van der Waals surface area (Å²) in [4.78, 5) is 0.381. The first-order valence-electron chi connectivity index (χ1n) is 6.26. The van der Waals surface area contributed by atoms with Crippen LogP contribution in [0.5, 0.6) is 0 Å². The lowest BCUT2D eigenvalue weighted by molar-refractivity contribution is 0.393. The Labute approximate surface area is 109 Å². The Morgan fingerprint density at radius 2 is 2.06 bits per heavy atom. The minimum absolute atomic E-state index is 0.0448. The van der Waals surface area contributed by atoms with Gasteiger partial charge in [-0.15, -0.1) is 0 Å². The highest BCUT2D eigenvalue weighted by Gasteiger charge is 2.34. The van der Waals surface area contributed by atoms with Crippen molar-refractivity contribution in [2.45, 2.75) is 37.6 Å². The summed E-state index contributed by atoms with van der Waals surface area (Å²) in [5, 5.41) is 0. The first-order valence-corrected chi connectivity index (χ1v) is 7.70. The first kappa shape index (κ1) is 13.5. The van der Waals surface area contributed by atoms with Gasteiger partial charge in [-0.05, 0) is 49.9 Å². The Hall–Kier alpha value is -0.910. The second-order valence-corrected chi connectivity index (χ2v) is 6.78. The second kappa shape index (κ2) is 4.99. The normalized spacial score (nSPS) is 21.4. The van der Waals surface area contributed by atoms with E-state index in [1.807, 2.05) is 19.9 Å². The van der Waals surface area contributed by atoms with Crippen molar-refractivity contribution < 1.29 is 8.42 Å². The van der Waals surface area contributed by atoms with Crippen LogP contribution in [-0.2, 0) is 10.0 Å². The van der Waals surface area contributed by atoms with Crippen molar-refractivity contribution in [2.75, 3.05) is 13.1 Å². The Bertz CT molecular complexity index is 540. The maximum Gasteiger partial charge on any atom is 0.243 e. The molecule has 1 atom stereocenters. The lowest BCUT2D eigenvalue weighted by Crippen LogP contribution is -2.39. The van der Waals surface area contributed by atoms with E-state index in [9.17, 15) is 8.42 Å². The van der Waals surface area contributed by atoms with Gasteiger partial charge in [0.15, 0.2) is 0 Å². The molecule has 1 aromatic rings. The molecular weight excluding hydrogens is 248 g/mol. The van der Waals surface area contributed by atoms with Gasteiger partial charge in [-0.2, -0.15) is 4.31 Å². The zero-order valence-corrected chi connectivity index (χ0v) is 11.7. The van der Waals surface area contributed by atoms with Crippen molar-refractivity contribution >= 4 is 10.0 Å². The molecule has 0 unspecified atom stereocenters. The SMILES string of the molecule is Cc1ccc(S(=O)(=O)N2CCC[C@@H]2CN)cc1C. The third-order valence-electron chi connectivity index (χ3n) is 3.68. The van der Waals surface area contributed by atoms with Gasteiger partial charge >= 0.3 is 0 Å². The van der Waals surface area contributed by atoms with E-state index >= 15 is 0 Å². The van der Waals surface area contributed by atoms with E-state index in [1.54, 1.807) is 16.4 Å². The van der Waals surface area contributed by atoms with Crippen LogP contribution in [-0.4, -0.2) is 31.9 Å². The van der Waals surface area contributed by atoms with Crippen LogP contribution < -0.4 is 5.73 Å². The quantitative estimate of drug-likeness (QED) is 0.901. The van der Waals surface area contributed by atoms with Crippen LogP contribution in [0.4, 0.5) is 0 Å². The van der Waals surface area contributed by atoms with Gasteiger partial charge < -0.3 is 5.73 Å². The Morgan fingerprint density at radius 3 is 2.67 bits per heavy atom. The first-order chi connectivity index (χ1) is 8.46. The van der Waals surface area contributed by atoms with Crippen molar-refractivity contribution in [2.24, 2.45) is 5.73 Å². The lowest BCUT2D eigenvalue weighted by Gasteiger charge is -2.23. The van der Waals surface area contributed by atoms with Gasteiger partial charge in [-0.1, -0.05) is 6.07 Å². The summed E-state index contributed by atoms with van der Waals surface area (Å²) in [6.07, 6.45) is 1.76. The average molecular weight is 268 g/mol. The molecule has 1 aliphatic heterocycles.